The van der Waals surface area contributed by atoms with E-state index in [1.807, 2.05) is 13.8 Å². The van der Waals surface area contributed by atoms with Gasteiger partial charge in [-0.3, -0.25) is 0 Å². The average Bonchev–Trinajstić information content (AvgIpc) is 2.43. The molecule has 2 aromatic rings. The first kappa shape index (κ1) is 14.9. The molecule has 2 aromatic carbocycles. The number of nitrogen functional groups attached to an aromatic ring is 1. The van der Waals surface area contributed by atoms with E-state index in [4.69, 9.17) is 10.5 Å². The number of carbonyl (C=O) groups excluding carboxylic acids is 1. The third kappa shape index (κ3) is 3.16. The highest BCUT2D eigenvalue weighted by molar-refractivity contribution is 5.97. The fourth-order valence-corrected chi connectivity index (χ4v) is 2.46. The Bertz CT molecular complexity index is 670. The van der Waals surface area contributed by atoms with E-state index in [0.29, 0.717) is 16.9 Å². The zero-order valence-corrected chi connectivity index (χ0v) is 12.8. The summed E-state index contributed by atoms with van der Waals surface area (Å²) in [5.74, 6) is -0.410. The van der Waals surface area contributed by atoms with E-state index in [1.54, 1.807) is 18.2 Å². The molecule has 21 heavy (non-hydrogen) atoms. The second kappa shape index (κ2) is 5.87. The number of carbonyl (C=O) groups is 1. The number of nitrogens with two attached hydrogens (primary N) is 1. The SMILES string of the molecule is COC(=O)c1cc(N)ccc1Nc1c(C)cc(C)cc1C. The number of nitrogens with one attached hydrogen (secondary N) is 1. The molecule has 0 fully saturated rings. The Labute approximate surface area is 124 Å². The number of methoxy groups -OCH3 is 1. The van der Waals surface area contributed by atoms with Crippen molar-refractivity contribution in [3.63, 3.8) is 0 Å². The molecule has 0 unspecified atom stereocenters. The standard InChI is InChI=1S/C17H20N2O2/c1-10-7-11(2)16(12(3)8-10)19-15-6-5-13(18)9-14(15)17(20)21-4/h5-9,19H,18H2,1-4H3. The van der Waals surface area contributed by atoms with Crippen LogP contribution >= 0.6 is 0 Å². The molecule has 0 atom stereocenters. The molecule has 0 aliphatic rings. The van der Waals surface area contributed by atoms with Crippen LogP contribution in [0.1, 0.15) is 27.0 Å². The Balaban J connectivity index is 2.47. The third-order valence-corrected chi connectivity index (χ3v) is 3.39. The molecular formula is C17H20N2O2. The molecule has 4 heteroatoms. The van der Waals surface area contributed by atoms with Crippen molar-refractivity contribution in [3.8, 4) is 0 Å². The van der Waals surface area contributed by atoms with Crippen molar-refractivity contribution >= 4 is 23.0 Å². The Kier molecular flexibility index (Phi) is 4.17. The van der Waals surface area contributed by atoms with Gasteiger partial charge >= 0.3 is 5.97 Å². The summed E-state index contributed by atoms with van der Waals surface area (Å²) in [6.45, 7) is 6.14. The summed E-state index contributed by atoms with van der Waals surface area (Å²) < 4.78 is 4.81. The largest absolute Gasteiger partial charge is 0.465 e. The van der Waals surface area contributed by atoms with Gasteiger partial charge in [0.1, 0.15) is 0 Å². The molecule has 110 valence electrons. The van der Waals surface area contributed by atoms with Crippen LogP contribution in [0.15, 0.2) is 30.3 Å². The highest BCUT2D eigenvalue weighted by Crippen LogP contribution is 2.29. The van der Waals surface area contributed by atoms with Crippen molar-refractivity contribution < 1.29 is 9.53 Å². The maximum Gasteiger partial charge on any atom is 0.340 e. The molecule has 0 radical (unpaired) electrons. The number of ether oxygens (including phenoxy) is 1. The lowest BCUT2D eigenvalue weighted by Crippen LogP contribution is -2.07. The zero-order valence-electron chi connectivity index (χ0n) is 12.8. The number of hydrogen-bond donors (Lipinski definition) is 2. The number of aryl methyl sites for hydroxylation is 3. The van der Waals surface area contributed by atoms with Crippen LogP contribution in [-0.4, -0.2) is 13.1 Å². The third-order valence-electron chi connectivity index (χ3n) is 3.39. The van der Waals surface area contributed by atoms with Gasteiger partial charge in [0.15, 0.2) is 0 Å². The summed E-state index contributed by atoms with van der Waals surface area (Å²) in [6, 6.07) is 9.37. The van der Waals surface area contributed by atoms with Crippen LogP contribution in [0.4, 0.5) is 17.1 Å². The van der Waals surface area contributed by atoms with Crippen LogP contribution in [0.5, 0.6) is 0 Å². The number of anilines is 3. The predicted molar refractivity (Wildman–Crippen MR) is 86.1 cm³/mol. The number of benzene rings is 2. The molecule has 4 nitrogen and oxygen atoms in total. The summed E-state index contributed by atoms with van der Waals surface area (Å²) in [4.78, 5) is 11.9. The Morgan fingerprint density at radius 3 is 2.29 bits per heavy atom. The lowest BCUT2D eigenvalue weighted by atomic mass is 10.0. The van der Waals surface area contributed by atoms with Crippen molar-refractivity contribution in [2.24, 2.45) is 0 Å². The molecule has 0 saturated carbocycles. The van der Waals surface area contributed by atoms with E-state index in [-0.39, 0.29) is 0 Å². The quantitative estimate of drug-likeness (QED) is 0.666. The van der Waals surface area contributed by atoms with Crippen molar-refractivity contribution in [3.05, 3.63) is 52.6 Å². The van der Waals surface area contributed by atoms with Gasteiger partial charge in [-0.15, -0.1) is 0 Å². The summed E-state index contributed by atoms with van der Waals surface area (Å²) in [5, 5.41) is 3.32. The van der Waals surface area contributed by atoms with Crippen LogP contribution in [0.2, 0.25) is 0 Å². The Morgan fingerprint density at radius 2 is 1.71 bits per heavy atom. The van der Waals surface area contributed by atoms with E-state index in [1.165, 1.54) is 12.7 Å². The monoisotopic (exact) mass is 284 g/mol. The summed E-state index contributed by atoms with van der Waals surface area (Å²) in [5.41, 5.74) is 11.9. The molecule has 0 spiro atoms. The Morgan fingerprint density at radius 1 is 1.10 bits per heavy atom. The molecular weight excluding hydrogens is 264 g/mol. The predicted octanol–water partition coefficient (Wildman–Crippen LogP) is 3.72. The number of esters is 1. The Hall–Kier alpha value is -2.49. The minimum Gasteiger partial charge on any atom is -0.465 e. The van der Waals surface area contributed by atoms with Crippen LogP contribution in [0, 0.1) is 20.8 Å². The molecule has 0 bridgehead atoms. The summed E-state index contributed by atoms with van der Waals surface area (Å²) >= 11 is 0. The van der Waals surface area contributed by atoms with Crippen molar-refractivity contribution in [1.82, 2.24) is 0 Å². The van der Waals surface area contributed by atoms with Gasteiger partial charge in [-0.1, -0.05) is 17.7 Å². The normalized spacial score (nSPS) is 10.3. The molecule has 0 aromatic heterocycles. The van der Waals surface area contributed by atoms with E-state index in [9.17, 15) is 4.79 Å². The van der Waals surface area contributed by atoms with Gasteiger partial charge in [-0.2, -0.15) is 0 Å². The lowest BCUT2D eigenvalue weighted by Gasteiger charge is -2.16. The van der Waals surface area contributed by atoms with Crippen LogP contribution < -0.4 is 11.1 Å². The first-order chi connectivity index (χ1) is 9.92. The lowest BCUT2D eigenvalue weighted by molar-refractivity contribution is 0.0602. The van der Waals surface area contributed by atoms with Gasteiger partial charge < -0.3 is 15.8 Å². The van der Waals surface area contributed by atoms with Gasteiger partial charge in [-0.05, 0) is 50.1 Å². The first-order valence-electron chi connectivity index (χ1n) is 6.75. The molecule has 2 rings (SSSR count). The highest BCUT2D eigenvalue weighted by Gasteiger charge is 2.14. The topological polar surface area (TPSA) is 64.3 Å². The summed E-state index contributed by atoms with van der Waals surface area (Å²) in [6.07, 6.45) is 0. The smallest absolute Gasteiger partial charge is 0.340 e. The van der Waals surface area contributed by atoms with Gasteiger partial charge in [-0.25, -0.2) is 4.79 Å². The van der Waals surface area contributed by atoms with Crippen LogP contribution in [-0.2, 0) is 4.74 Å². The molecule has 0 heterocycles. The van der Waals surface area contributed by atoms with Gasteiger partial charge in [0.05, 0.1) is 18.4 Å². The molecule has 0 aliphatic carbocycles. The van der Waals surface area contributed by atoms with Crippen molar-refractivity contribution in [2.75, 3.05) is 18.2 Å². The minimum absolute atomic E-state index is 0.410. The molecule has 0 aliphatic heterocycles. The fraction of sp³-hybridized carbons (Fsp3) is 0.235. The first-order valence-corrected chi connectivity index (χ1v) is 6.75. The second-order valence-electron chi connectivity index (χ2n) is 5.20. The van der Waals surface area contributed by atoms with Crippen LogP contribution in [0.3, 0.4) is 0 Å². The maximum absolute atomic E-state index is 11.9. The fourth-order valence-electron chi connectivity index (χ4n) is 2.46. The maximum atomic E-state index is 11.9. The van der Waals surface area contributed by atoms with E-state index in [2.05, 4.69) is 24.4 Å². The van der Waals surface area contributed by atoms with Crippen LogP contribution in [0.25, 0.3) is 0 Å². The van der Waals surface area contributed by atoms with Crippen molar-refractivity contribution in [2.45, 2.75) is 20.8 Å². The van der Waals surface area contributed by atoms with Crippen molar-refractivity contribution in [1.29, 1.82) is 0 Å². The number of rotatable bonds is 3. The average molecular weight is 284 g/mol. The highest BCUT2D eigenvalue weighted by atomic mass is 16.5. The van der Waals surface area contributed by atoms with Gasteiger partial charge in [0, 0.05) is 11.4 Å². The number of hydrogen-bond acceptors (Lipinski definition) is 4. The zero-order chi connectivity index (χ0) is 15.6. The summed E-state index contributed by atoms with van der Waals surface area (Å²) in [7, 11) is 1.36. The van der Waals surface area contributed by atoms with Gasteiger partial charge in [0.25, 0.3) is 0 Å². The molecule has 0 saturated heterocycles. The molecule has 0 amide bonds. The molecule has 3 N–H and O–H groups in total. The van der Waals surface area contributed by atoms with E-state index in [0.717, 1.165) is 16.8 Å². The second-order valence-corrected chi connectivity index (χ2v) is 5.20. The van der Waals surface area contributed by atoms with E-state index >= 15 is 0 Å². The van der Waals surface area contributed by atoms with Gasteiger partial charge in [0.2, 0.25) is 0 Å². The minimum atomic E-state index is -0.410. The van der Waals surface area contributed by atoms with E-state index < -0.39 is 5.97 Å².